The molecule has 0 heterocycles. The largest absolute Gasteiger partial charge is 0.317 e. The first kappa shape index (κ1) is 7.52. The second kappa shape index (κ2) is 3.51. The van der Waals surface area contributed by atoms with Crippen LogP contribution in [0, 0.1) is 18.3 Å². The molecule has 46 valence electrons. The fourth-order valence-electron chi connectivity index (χ4n) is 0.418. The first-order valence-electron chi connectivity index (χ1n) is 2.94. The van der Waals surface area contributed by atoms with Gasteiger partial charge in [0.25, 0.3) is 0 Å². The number of terminal acetylenes is 1. The van der Waals surface area contributed by atoms with Crippen LogP contribution in [-0.4, -0.2) is 6.04 Å². The molecule has 0 aromatic rings. The lowest BCUT2D eigenvalue weighted by Gasteiger charge is -2.10. The zero-order valence-electron chi connectivity index (χ0n) is 5.52. The molecule has 0 amide bonds. The summed E-state index contributed by atoms with van der Waals surface area (Å²) in [5.41, 5.74) is 5.49. The molecule has 0 rings (SSSR count). The van der Waals surface area contributed by atoms with E-state index in [9.17, 15) is 0 Å². The summed E-state index contributed by atoms with van der Waals surface area (Å²) >= 11 is 0. The average molecular weight is 111 g/mol. The van der Waals surface area contributed by atoms with Crippen molar-refractivity contribution in [3.05, 3.63) is 0 Å². The molecule has 0 saturated carbocycles. The van der Waals surface area contributed by atoms with Gasteiger partial charge in [-0.05, 0) is 5.92 Å². The molecule has 0 aromatic carbocycles. The maximum absolute atomic E-state index is 5.49. The van der Waals surface area contributed by atoms with E-state index in [-0.39, 0.29) is 6.04 Å². The molecule has 0 spiro atoms. The third-order valence-electron chi connectivity index (χ3n) is 1.45. The Morgan fingerprint density at radius 1 is 1.75 bits per heavy atom. The lowest BCUT2D eigenvalue weighted by Crippen LogP contribution is -2.25. The lowest BCUT2D eigenvalue weighted by atomic mass is 10.0. The molecule has 0 radical (unpaired) electrons. The van der Waals surface area contributed by atoms with Crippen LogP contribution in [0.5, 0.6) is 0 Å². The zero-order chi connectivity index (χ0) is 6.57. The van der Waals surface area contributed by atoms with Gasteiger partial charge in [-0.1, -0.05) is 26.2 Å². The van der Waals surface area contributed by atoms with Gasteiger partial charge >= 0.3 is 0 Å². The van der Waals surface area contributed by atoms with Crippen LogP contribution in [0.2, 0.25) is 0 Å². The first-order chi connectivity index (χ1) is 3.72. The van der Waals surface area contributed by atoms with Crippen molar-refractivity contribution in [3.63, 3.8) is 0 Å². The van der Waals surface area contributed by atoms with E-state index in [1.807, 2.05) is 0 Å². The molecule has 8 heavy (non-hydrogen) atoms. The Hall–Kier alpha value is -0.480. The Morgan fingerprint density at radius 3 is 2.38 bits per heavy atom. The van der Waals surface area contributed by atoms with Crippen LogP contribution in [0.15, 0.2) is 0 Å². The molecule has 0 aliphatic carbocycles. The minimum absolute atomic E-state index is 0.0556. The Morgan fingerprint density at radius 2 is 2.25 bits per heavy atom. The molecule has 0 saturated heterocycles. The van der Waals surface area contributed by atoms with Crippen molar-refractivity contribution in [3.8, 4) is 12.3 Å². The fourth-order valence-corrected chi connectivity index (χ4v) is 0.418. The highest BCUT2D eigenvalue weighted by molar-refractivity contribution is 4.98. The Kier molecular flexibility index (Phi) is 3.30. The van der Waals surface area contributed by atoms with E-state index in [1.165, 1.54) is 0 Å². The molecule has 0 bridgehead atoms. The number of hydrogen-bond acceptors (Lipinski definition) is 1. The van der Waals surface area contributed by atoms with Gasteiger partial charge in [0.05, 0.1) is 6.04 Å². The molecule has 0 aliphatic heterocycles. The topological polar surface area (TPSA) is 26.0 Å². The van der Waals surface area contributed by atoms with Gasteiger partial charge in [0, 0.05) is 0 Å². The monoisotopic (exact) mass is 111 g/mol. The molecular formula is C7H13N. The summed E-state index contributed by atoms with van der Waals surface area (Å²) in [5, 5.41) is 0. The summed E-state index contributed by atoms with van der Waals surface area (Å²) in [6, 6.07) is -0.0556. The van der Waals surface area contributed by atoms with Gasteiger partial charge in [-0.3, -0.25) is 0 Å². The van der Waals surface area contributed by atoms with Crippen LogP contribution < -0.4 is 5.73 Å². The van der Waals surface area contributed by atoms with Gasteiger partial charge < -0.3 is 5.73 Å². The van der Waals surface area contributed by atoms with E-state index in [2.05, 4.69) is 19.8 Å². The zero-order valence-corrected chi connectivity index (χ0v) is 5.52. The summed E-state index contributed by atoms with van der Waals surface area (Å²) in [7, 11) is 0. The van der Waals surface area contributed by atoms with E-state index >= 15 is 0 Å². The quantitative estimate of drug-likeness (QED) is 0.528. The van der Waals surface area contributed by atoms with E-state index in [1.54, 1.807) is 0 Å². The van der Waals surface area contributed by atoms with Crippen LogP contribution in [0.25, 0.3) is 0 Å². The summed E-state index contributed by atoms with van der Waals surface area (Å²) in [5.74, 6) is 2.95. The minimum Gasteiger partial charge on any atom is -0.317 e. The fraction of sp³-hybridized carbons (Fsp3) is 0.714. The Labute approximate surface area is 51.3 Å². The number of nitrogens with two attached hydrogens (primary N) is 1. The third kappa shape index (κ3) is 1.99. The lowest BCUT2D eigenvalue weighted by molar-refractivity contribution is 0.514. The third-order valence-corrected chi connectivity index (χ3v) is 1.45. The van der Waals surface area contributed by atoms with Crippen LogP contribution >= 0.6 is 0 Å². The summed E-state index contributed by atoms with van der Waals surface area (Å²) < 4.78 is 0. The predicted molar refractivity (Wildman–Crippen MR) is 36.3 cm³/mol. The van der Waals surface area contributed by atoms with Gasteiger partial charge in [-0.15, -0.1) is 6.42 Å². The summed E-state index contributed by atoms with van der Waals surface area (Å²) in [6.07, 6.45) is 6.13. The van der Waals surface area contributed by atoms with Crippen molar-refractivity contribution in [1.29, 1.82) is 0 Å². The Balaban J connectivity index is 3.49. The molecular weight excluding hydrogens is 98.1 g/mol. The summed E-state index contributed by atoms with van der Waals surface area (Å²) in [4.78, 5) is 0. The average Bonchev–Trinajstić information content (AvgIpc) is 1.84. The van der Waals surface area contributed by atoms with Crippen molar-refractivity contribution in [2.45, 2.75) is 26.3 Å². The highest BCUT2D eigenvalue weighted by atomic mass is 14.6. The smallest absolute Gasteiger partial charge is 0.0687 e. The van der Waals surface area contributed by atoms with Crippen LogP contribution in [0.1, 0.15) is 20.3 Å². The van der Waals surface area contributed by atoms with Crippen LogP contribution in [0.3, 0.4) is 0 Å². The van der Waals surface area contributed by atoms with E-state index in [4.69, 9.17) is 12.2 Å². The molecule has 2 unspecified atom stereocenters. The van der Waals surface area contributed by atoms with E-state index in [0.29, 0.717) is 5.92 Å². The van der Waals surface area contributed by atoms with Crippen molar-refractivity contribution in [2.75, 3.05) is 0 Å². The first-order valence-corrected chi connectivity index (χ1v) is 2.94. The number of hydrogen-bond donors (Lipinski definition) is 1. The van der Waals surface area contributed by atoms with E-state index < -0.39 is 0 Å². The highest BCUT2D eigenvalue weighted by Gasteiger charge is 2.04. The predicted octanol–water partition coefficient (Wildman–Crippen LogP) is 0.993. The normalized spacial score (nSPS) is 16.8. The van der Waals surface area contributed by atoms with Crippen molar-refractivity contribution >= 4 is 0 Å². The van der Waals surface area contributed by atoms with Crippen LogP contribution in [0.4, 0.5) is 0 Å². The van der Waals surface area contributed by atoms with Crippen molar-refractivity contribution < 1.29 is 0 Å². The molecule has 1 nitrogen and oxygen atoms in total. The molecule has 2 atom stereocenters. The minimum atomic E-state index is -0.0556. The standard InChI is InChI=1S/C7H13N/c1-4-6(3)7(8)5-2/h2,6-7H,4,8H2,1,3H3. The van der Waals surface area contributed by atoms with Gasteiger partial charge in [-0.25, -0.2) is 0 Å². The Bertz CT molecular complexity index is 91.1. The van der Waals surface area contributed by atoms with Gasteiger partial charge in [0.1, 0.15) is 0 Å². The second-order valence-electron chi connectivity index (χ2n) is 2.08. The SMILES string of the molecule is C#CC(N)C(C)CC. The molecule has 0 aliphatic rings. The van der Waals surface area contributed by atoms with Gasteiger partial charge in [-0.2, -0.15) is 0 Å². The van der Waals surface area contributed by atoms with Crippen LogP contribution in [-0.2, 0) is 0 Å². The maximum atomic E-state index is 5.49. The van der Waals surface area contributed by atoms with Gasteiger partial charge in [0.15, 0.2) is 0 Å². The van der Waals surface area contributed by atoms with Gasteiger partial charge in [0.2, 0.25) is 0 Å². The number of rotatable bonds is 2. The van der Waals surface area contributed by atoms with Crippen molar-refractivity contribution in [1.82, 2.24) is 0 Å². The maximum Gasteiger partial charge on any atom is 0.0687 e. The molecule has 1 heteroatoms. The van der Waals surface area contributed by atoms with E-state index in [0.717, 1.165) is 6.42 Å². The molecule has 0 fully saturated rings. The summed E-state index contributed by atoms with van der Waals surface area (Å²) in [6.45, 7) is 4.15. The molecule has 0 aromatic heterocycles. The second-order valence-corrected chi connectivity index (χ2v) is 2.08. The molecule has 2 N–H and O–H groups in total. The highest BCUT2D eigenvalue weighted by Crippen LogP contribution is 2.02. The van der Waals surface area contributed by atoms with Crippen molar-refractivity contribution in [2.24, 2.45) is 11.7 Å².